The lowest BCUT2D eigenvalue weighted by molar-refractivity contribution is -0.0686. The molecule has 1 saturated heterocycles. The van der Waals surface area contributed by atoms with E-state index < -0.39 is 0 Å². The smallest absolute Gasteiger partial charge is 0.161 e. The number of halogens is 1. The Morgan fingerprint density at radius 1 is 1.17 bits per heavy atom. The second kappa shape index (κ2) is 10.5. The van der Waals surface area contributed by atoms with Crippen LogP contribution in [0, 0.1) is 0 Å². The maximum atomic E-state index is 5.86. The molecule has 1 heterocycles. The minimum absolute atomic E-state index is 0. The lowest BCUT2D eigenvalue weighted by atomic mass is 10.2. The zero-order valence-electron chi connectivity index (χ0n) is 14.1. The number of nitrogens with zero attached hydrogens (tertiary/aromatic N) is 1. The highest BCUT2D eigenvalue weighted by atomic mass is 35.5. The molecule has 23 heavy (non-hydrogen) atoms. The molecular formula is C18H28ClNO3. The molecule has 2 rings (SSSR count). The number of rotatable bonds is 8. The largest absolute Gasteiger partial charge is 0.490 e. The van der Waals surface area contributed by atoms with Gasteiger partial charge in [0.15, 0.2) is 11.5 Å². The van der Waals surface area contributed by atoms with Gasteiger partial charge in [-0.25, -0.2) is 0 Å². The summed E-state index contributed by atoms with van der Waals surface area (Å²) in [5, 5.41) is 0. The Hall–Kier alpha value is -1.23. The van der Waals surface area contributed by atoms with Crippen LogP contribution in [0.2, 0.25) is 0 Å². The molecule has 0 aromatic heterocycles. The van der Waals surface area contributed by atoms with Crippen molar-refractivity contribution >= 4 is 12.4 Å². The van der Waals surface area contributed by atoms with E-state index in [9.17, 15) is 0 Å². The molecule has 2 unspecified atom stereocenters. The molecular weight excluding hydrogens is 314 g/mol. The zero-order chi connectivity index (χ0) is 15.8. The van der Waals surface area contributed by atoms with E-state index in [0.29, 0.717) is 25.4 Å². The highest BCUT2D eigenvalue weighted by molar-refractivity contribution is 5.85. The van der Waals surface area contributed by atoms with E-state index in [1.54, 1.807) is 6.08 Å². The number of para-hydroxylation sites is 2. The van der Waals surface area contributed by atoms with E-state index in [2.05, 4.69) is 25.3 Å². The third-order valence-electron chi connectivity index (χ3n) is 3.58. The van der Waals surface area contributed by atoms with Crippen molar-refractivity contribution in [3.05, 3.63) is 36.9 Å². The highest BCUT2D eigenvalue weighted by Gasteiger charge is 2.21. The Labute approximate surface area is 145 Å². The summed E-state index contributed by atoms with van der Waals surface area (Å²) in [5.74, 6) is 1.57. The number of ether oxygens (including phenoxy) is 3. The molecule has 1 aromatic rings. The zero-order valence-corrected chi connectivity index (χ0v) is 14.9. The summed E-state index contributed by atoms with van der Waals surface area (Å²) in [6.07, 6.45) is 3.36. The Kier molecular flexibility index (Phi) is 9.07. The standard InChI is InChI=1S/C18H27NO3.ClH/c1-4-11-20-17-8-5-6-9-18(17)21-12-7-10-19-13-15(2)22-16(3)14-19;/h4-6,8-9,15-16H,1,7,10-14H2,2-3H3;1H. The first-order chi connectivity index (χ1) is 10.7. The van der Waals surface area contributed by atoms with Crippen LogP contribution >= 0.6 is 12.4 Å². The lowest BCUT2D eigenvalue weighted by Gasteiger charge is -2.35. The van der Waals surface area contributed by atoms with Crippen molar-refractivity contribution < 1.29 is 14.2 Å². The SMILES string of the molecule is C=CCOc1ccccc1OCCCN1CC(C)OC(C)C1.Cl. The summed E-state index contributed by atoms with van der Waals surface area (Å²) in [5.41, 5.74) is 0. The Balaban J connectivity index is 0.00000264. The molecule has 2 atom stereocenters. The van der Waals surface area contributed by atoms with Crippen LogP contribution in [0.1, 0.15) is 20.3 Å². The van der Waals surface area contributed by atoms with Crippen molar-refractivity contribution in [3.63, 3.8) is 0 Å². The topological polar surface area (TPSA) is 30.9 Å². The minimum atomic E-state index is 0. The van der Waals surface area contributed by atoms with E-state index in [-0.39, 0.29) is 12.4 Å². The third-order valence-corrected chi connectivity index (χ3v) is 3.58. The van der Waals surface area contributed by atoms with Crippen molar-refractivity contribution in [1.29, 1.82) is 0 Å². The summed E-state index contributed by atoms with van der Waals surface area (Å²) >= 11 is 0. The molecule has 130 valence electrons. The van der Waals surface area contributed by atoms with Crippen LogP contribution in [0.25, 0.3) is 0 Å². The Bertz CT molecular complexity index is 459. The lowest BCUT2D eigenvalue weighted by Crippen LogP contribution is -2.45. The first-order valence-electron chi connectivity index (χ1n) is 8.02. The van der Waals surface area contributed by atoms with E-state index in [4.69, 9.17) is 14.2 Å². The summed E-state index contributed by atoms with van der Waals surface area (Å²) in [6.45, 7) is 12.1. The van der Waals surface area contributed by atoms with Crippen LogP contribution in [0.5, 0.6) is 11.5 Å². The average molecular weight is 342 g/mol. The predicted octanol–water partition coefficient (Wildman–Crippen LogP) is 3.55. The molecule has 5 heteroatoms. The fraction of sp³-hybridized carbons (Fsp3) is 0.556. The number of hydrogen-bond acceptors (Lipinski definition) is 4. The molecule has 0 radical (unpaired) electrons. The van der Waals surface area contributed by atoms with Gasteiger partial charge in [0.25, 0.3) is 0 Å². The van der Waals surface area contributed by atoms with Gasteiger partial charge in [-0.05, 0) is 32.4 Å². The fourth-order valence-electron chi connectivity index (χ4n) is 2.77. The molecule has 0 saturated carbocycles. The van der Waals surface area contributed by atoms with Gasteiger partial charge in [-0.2, -0.15) is 0 Å². The Morgan fingerprint density at radius 2 is 1.78 bits per heavy atom. The maximum Gasteiger partial charge on any atom is 0.161 e. The van der Waals surface area contributed by atoms with Crippen molar-refractivity contribution in [1.82, 2.24) is 4.90 Å². The van der Waals surface area contributed by atoms with Crippen LogP contribution in [-0.4, -0.2) is 50.0 Å². The molecule has 1 fully saturated rings. The van der Waals surface area contributed by atoms with Crippen LogP contribution in [-0.2, 0) is 4.74 Å². The van der Waals surface area contributed by atoms with Gasteiger partial charge in [0.1, 0.15) is 6.61 Å². The minimum Gasteiger partial charge on any atom is -0.490 e. The first kappa shape index (κ1) is 19.8. The molecule has 0 amide bonds. The van der Waals surface area contributed by atoms with E-state index in [0.717, 1.165) is 37.6 Å². The van der Waals surface area contributed by atoms with E-state index in [1.165, 1.54) is 0 Å². The molecule has 1 aliphatic heterocycles. The monoisotopic (exact) mass is 341 g/mol. The van der Waals surface area contributed by atoms with Gasteiger partial charge >= 0.3 is 0 Å². The molecule has 0 bridgehead atoms. The average Bonchev–Trinajstić information content (AvgIpc) is 2.49. The van der Waals surface area contributed by atoms with Crippen LogP contribution < -0.4 is 9.47 Å². The van der Waals surface area contributed by atoms with Gasteiger partial charge in [-0.3, -0.25) is 4.90 Å². The Morgan fingerprint density at radius 3 is 2.39 bits per heavy atom. The highest BCUT2D eigenvalue weighted by Crippen LogP contribution is 2.26. The summed E-state index contributed by atoms with van der Waals surface area (Å²) < 4.78 is 17.2. The number of hydrogen-bond donors (Lipinski definition) is 0. The van der Waals surface area contributed by atoms with Gasteiger partial charge in [0.2, 0.25) is 0 Å². The molecule has 1 aromatic carbocycles. The molecule has 1 aliphatic rings. The van der Waals surface area contributed by atoms with Crippen LogP contribution in [0.3, 0.4) is 0 Å². The van der Waals surface area contributed by atoms with Gasteiger partial charge in [0.05, 0.1) is 18.8 Å². The van der Waals surface area contributed by atoms with Gasteiger partial charge < -0.3 is 14.2 Å². The van der Waals surface area contributed by atoms with Crippen LogP contribution in [0.4, 0.5) is 0 Å². The molecule has 0 N–H and O–H groups in total. The van der Waals surface area contributed by atoms with Crippen molar-refractivity contribution in [2.75, 3.05) is 32.8 Å². The normalized spacial score (nSPS) is 21.3. The van der Waals surface area contributed by atoms with Gasteiger partial charge in [0, 0.05) is 19.6 Å². The summed E-state index contributed by atoms with van der Waals surface area (Å²) in [7, 11) is 0. The predicted molar refractivity (Wildman–Crippen MR) is 95.9 cm³/mol. The third kappa shape index (κ3) is 6.81. The molecule has 0 spiro atoms. The molecule has 0 aliphatic carbocycles. The number of benzene rings is 1. The van der Waals surface area contributed by atoms with Crippen molar-refractivity contribution in [2.45, 2.75) is 32.5 Å². The quantitative estimate of drug-likeness (QED) is 0.534. The summed E-state index contributed by atoms with van der Waals surface area (Å²) in [6, 6.07) is 7.77. The summed E-state index contributed by atoms with van der Waals surface area (Å²) in [4.78, 5) is 2.45. The fourth-order valence-corrected chi connectivity index (χ4v) is 2.77. The molecule has 4 nitrogen and oxygen atoms in total. The van der Waals surface area contributed by atoms with Gasteiger partial charge in [-0.1, -0.05) is 24.8 Å². The van der Waals surface area contributed by atoms with Crippen molar-refractivity contribution in [3.8, 4) is 11.5 Å². The van der Waals surface area contributed by atoms with E-state index in [1.807, 2.05) is 24.3 Å². The second-order valence-corrected chi connectivity index (χ2v) is 5.77. The maximum absolute atomic E-state index is 5.86. The number of morpholine rings is 1. The van der Waals surface area contributed by atoms with E-state index >= 15 is 0 Å². The van der Waals surface area contributed by atoms with Crippen LogP contribution in [0.15, 0.2) is 36.9 Å². The van der Waals surface area contributed by atoms with Gasteiger partial charge in [-0.15, -0.1) is 12.4 Å². The van der Waals surface area contributed by atoms with Crippen molar-refractivity contribution in [2.24, 2.45) is 0 Å². The first-order valence-corrected chi connectivity index (χ1v) is 8.02. The second-order valence-electron chi connectivity index (χ2n) is 5.77.